The molecule has 8 heteroatoms. The Labute approximate surface area is 156 Å². The molecule has 0 atom stereocenters. The van der Waals surface area contributed by atoms with E-state index in [4.69, 9.17) is 0 Å². The number of aryl methyl sites for hydroxylation is 1. The molecule has 7 nitrogen and oxygen atoms in total. The van der Waals surface area contributed by atoms with Gasteiger partial charge in [0, 0.05) is 42.5 Å². The van der Waals surface area contributed by atoms with Gasteiger partial charge in [0.05, 0.1) is 4.90 Å². The highest BCUT2D eigenvalue weighted by molar-refractivity contribution is 7.90. The monoisotopic (exact) mass is 383 g/mol. The second-order valence-corrected chi connectivity index (χ2v) is 8.04. The minimum absolute atomic E-state index is 0.0752. The first-order chi connectivity index (χ1) is 12.8. The van der Waals surface area contributed by atoms with Crippen molar-refractivity contribution in [3.8, 4) is 0 Å². The number of nitrogens with zero attached hydrogens (tertiary/aromatic N) is 2. The maximum atomic E-state index is 12.4. The van der Waals surface area contributed by atoms with E-state index in [0.717, 1.165) is 6.26 Å². The van der Waals surface area contributed by atoms with Gasteiger partial charge in [-0.25, -0.2) is 13.4 Å². The Hall–Kier alpha value is -3.26. The Balaban J connectivity index is 1.76. The molecule has 3 rings (SSSR count). The summed E-state index contributed by atoms with van der Waals surface area (Å²) >= 11 is 0. The molecule has 0 spiro atoms. The summed E-state index contributed by atoms with van der Waals surface area (Å²) < 4.78 is 24.9. The van der Waals surface area contributed by atoms with E-state index in [-0.39, 0.29) is 16.2 Å². The van der Waals surface area contributed by atoms with Crippen molar-refractivity contribution in [1.82, 2.24) is 9.55 Å². The summed E-state index contributed by atoms with van der Waals surface area (Å²) in [6.45, 7) is 0. The van der Waals surface area contributed by atoms with Crippen LogP contribution in [0.5, 0.6) is 0 Å². The molecule has 3 aromatic rings. The van der Waals surface area contributed by atoms with E-state index in [1.807, 2.05) is 0 Å². The molecule has 0 saturated carbocycles. The molecule has 0 aliphatic carbocycles. The van der Waals surface area contributed by atoms with Crippen LogP contribution in [0.25, 0.3) is 0 Å². The Morgan fingerprint density at radius 1 is 1.04 bits per heavy atom. The summed E-state index contributed by atoms with van der Waals surface area (Å²) in [5.74, 6) is -0.339. The van der Waals surface area contributed by atoms with E-state index in [9.17, 15) is 18.0 Å². The lowest BCUT2D eigenvalue weighted by Gasteiger charge is -2.07. The van der Waals surface area contributed by atoms with Gasteiger partial charge in [-0.1, -0.05) is 6.07 Å². The SMILES string of the molecule is Cn1ccnc1C(=O)c1ccc(NC(=O)c2cccc(S(C)(=O)=O)c2)cc1. The topological polar surface area (TPSA) is 98.1 Å². The zero-order chi connectivity index (χ0) is 19.6. The molecule has 138 valence electrons. The number of benzene rings is 2. The van der Waals surface area contributed by atoms with Crippen LogP contribution in [-0.4, -0.2) is 35.9 Å². The highest BCUT2D eigenvalue weighted by Crippen LogP contribution is 2.16. The molecule has 1 heterocycles. The highest BCUT2D eigenvalue weighted by Gasteiger charge is 2.15. The first-order valence-corrected chi connectivity index (χ1v) is 9.88. The number of rotatable bonds is 5. The quantitative estimate of drug-likeness (QED) is 0.682. The Kier molecular flexibility index (Phi) is 4.91. The Bertz CT molecular complexity index is 1120. The third-order valence-electron chi connectivity index (χ3n) is 3.95. The first kappa shape index (κ1) is 18.5. The molecule has 0 aliphatic rings. The molecule has 2 aromatic carbocycles. The van der Waals surface area contributed by atoms with E-state index < -0.39 is 15.7 Å². The molecule has 0 aliphatic heterocycles. The van der Waals surface area contributed by atoms with Crippen LogP contribution < -0.4 is 5.32 Å². The number of hydrogen-bond acceptors (Lipinski definition) is 5. The average Bonchev–Trinajstić information content (AvgIpc) is 3.07. The van der Waals surface area contributed by atoms with E-state index in [2.05, 4.69) is 10.3 Å². The van der Waals surface area contributed by atoms with Gasteiger partial charge in [-0.2, -0.15) is 0 Å². The third-order valence-corrected chi connectivity index (χ3v) is 5.06. The van der Waals surface area contributed by atoms with Gasteiger partial charge in [0.25, 0.3) is 5.91 Å². The van der Waals surface area contributed by atoms with E-state index in [1.54, 1.807) is 48.3 Å². The van der Waals surface area contributed by atoms with E-state index >= 15 is 0 Å². The number of anilines is 1. The van der Waals surface area contributed by atoms with Crippen molar-refractivity contribution in [2.45, 2.75) is 4.90 Å². The van der Waals surface area contributed by atoms with Crippen molar-refractivity contribution in [2.24, 2.45) is 7.05 Å². The molecule has 0 unspecified atom stereocenters. The summed E-state index contributed by atoms with van der Waals surface area (Å²) in [7, 11) is -1.66. The van der Waals surface area contributed by atoms with Gasteiger partial charge < -0.3 is 9.88 Å². The lowest BCUT2D eigenvalue weighted by molar-refractivity contribution is 0.102. The van der Waals surface area contributed by atoms with E-state index in [0.29, 0.717) is 17.1 Å². The number of hydrogen-bond donors (Lipinski definition) is 1. The fourth-order valence-corrected chi connectivity index (χ4v) is 3.16. The van der Waals surface area contributed by atoms with E-state index in [1.165, 1.54) is 24.3 Å². The van der Waals surface area contributed by atoms with Crippen LogP contribution in [0.2, 0.25) is 0 Å². The molecule has 27 heavy (non-hydrogen) atoms. The average molecular weight is 383 g/mol. The molecule has 1 N–H and O–H groups in total. The second kappa shape index (κ2) is 7.16. The first-order valence-electron chi connectivity index (χ1n) is 7.99. The normalized spacial score (nSPS) is 11.2. The van der Waals surface area contributed by atoms with Crippen molar-refractivity contribution in [1.29, 1.82) is 0 Å². The molecular weight excluding hydrogens is 366 g/mol. The largest absolute Gasteiger partial charge is 0.331 e. The minimum Gasteiger partial charge on any atom is -0.331 e. The summed E-state index contributed by atoms with van der Waals surface area (Å²) in [6.07, 6.45) is 4.32. The van der Waals surface area contributed by atoms with Crippen LogP contribution >= 0.6 is 0 Å². The van der Waals surface area contributed by atoms with Gasteiger partial charge in [-0.15, -0.1) is 0 Å². The van der Waals surface area contributed by atoms with Crippen molar-refractivity contribution in [2.75, 3.05) is 11.6 Å². The van der Waals surface area contributed by atoms with Gasteiger partial charge in [-0.05, 0) is 42.5 Å². The lowest BCUT2D eigenvalue weighted by Crippen LogP contribution is -2.13. The fourth-order valence-electron chi connectivity index (χ4n) is 2.49. The van der Waals surface area contributed by atoms with Crippen LogP contribution in [-0.2, 0) is 16.9 Å². The summed E-state index contributed by atoms with van der Waals surface area (Å²) in [5, 5.41) is 2.68. The lowest BCUT2D eigenvalue weighted by atomic mass is 10.1. The molecule has 0 radical (unpaired) electrons. The smallest absolute Gasteiger partial charge is 0.255 e. The predicted molar refractivity (Wildman–Crippen MR) is 101 cm³/mol. The number of carbonyl (C=O) groups excluding carboxylic acids is 2. The maximum absolute atomic E-state index is 12.4. The Morgan fingerprint density at radius 3 is 2.33 bits per heavy atom. The zero-order valence-corrected chi connectivity index (χ0v) is 15.5. The fraction of sp³-hybridized carbons (Fsp3) is 0.105. The van der Waals surface area contributed by atoms with Crippen molar-refractivity contribution < 1.29 is 18.0 Å². The van der Waals surface area contributed by atoms with Crippen LogP contribution in [0.1, 0.15) is 26.5 Å². The summed E-state index contributed by atoms with van der Waals surface area (Å²) in [5.41, 5.74) is 1.16. The number of aromatic nitrogens is 2. The van der Waals surface area contributed by atoms with Crippen molar-refractivity contribution in [3.63, 3.8) is 0 Å². The van der Waals surface area contributed by atoms with Crippen LogP contribution in [0.15, 0.2) is 65.8 Å². The highest BCUT2D eigenvalue weighted by atomic mass is 32.2. The molecular formula is C19H17N3O4S. The van der Waals surface area contributed by atoms with Gasteiger partial charge in [0.15, 0.2) is 15.7 Å². The van der Waals surface area contributed by atoms with Gasteiger partial charge >= 0.3 is 0 Å². The van der Waals surface area contributed by atoms with Crippen LogP contribution in [0.3, 0.4) is 0 Å². The van der Waals surface area contributed by atoms with Gasteiger partial charge in [0.2, 0.25) is 5.78 Å². The summed E-state index contributed by atoms with van der Waals surface area (Å²) in [6, 6.07) is 12.2. The number of imidazole rings is 1. The number of sulfone groups is 1. The van der Waals surface area contributed by atoms with Crippen LogP contribution in [0, 0.1) is 0 Å². The molecule has 0 saturated heterocycles. The molecule has 0 fully saturated rings. The van der Waals surface area contributed by atoms with Crippen molar-refractivity contribution >= 4 is 27.2 Å². The number of ketones is 1. The number of amides is 1. The van der Waals surface area contributed by atoms with Gasteiger partial charge in [0.1, 0.15) is 0 Å². The predicted octanol–water partition coefficient (Wildman–Crippen LogP) is 2.31. The molecule has 1 amide bonds. The zero-order valence-electron chi connectivity index (χ0n) is 14.7. The number of carbonyl (C=O) groups is 2. The minimum atomic E-state index is -3.40. The standard InChI is InChI=1S/C19H17N3O4S/c1-22-11-10-20-18(22)17(23)13-6-8-15(9-7-13)21-19(24)14-4-3-5-16(12-14)27(2,25)26/h3-12H,1-2H3,(H,21,24). The number of nitrogens with one attached hydrogen (secondary N) is 1. The maximum Gasteiger partial charge on any atom is 0.255 e. The van der Waals surface area contributed by atoms with Gasteiger partial charge in [-0.3, -0.25) is 9.59 Å². The second-order valence-electron chi connectivity index (χ2n) is 6.02. The molecule has 0 bridgehead atoms. The van der Waals surface area contributed by atoms with Crippen LogP contribution in [0.4, 0.5) is 5.69 Å². The third kappa shape index (κ3) is 4.12. The summed E-state index contributed by atoms with van der Waals surface area (Å²) in [4.78, 5) is 28.8. The van der Waals surface area contributed by atoms with Crippen molar-refractivity contribution in [3.05, 3.63) is 77.9 Å². The molecule has 1 aromatic heterocycles. The Morgan fingerprint density at radius 2 is 1.74 bits per heavy atom.